The average molecular weight is 466 g/mol. The number of nitrogens with two attached hydrogens (primary N) is 1. The van der Waals surface area contributed by atoms with Gasteiger partial charge in [0.15, 0.2) is 12.6 Å². The molecule has 0 saturated carbocycles. The Hall–Kier alpha value is -0.330. The maximum Gasteiger partial charge on any atom is 0.261 e. The summed E-state index contributed by atoms with van der Waals surface area (Å²) in [4.78, 5) is 0. The standard InChI is InChI=1S/C11H26NO2.C8H19NO2.CH4O3S/c1-6-13-11(14-7-2)9-8-10-12(3,4)5;1-3-10-8(11-4-2)6-5-7-9;1-5(2,3)4/h11H,6-10H2,1-5H3;8H,3-7,9H2,1-2H3;1H3,(H,2,3,4)/q+1;;/i10D2;7D2;. The summed E-state index contributed by atoms with van der Waals surface area (Å²) < 4.78 is 77.6. The summed E-state index contributed by atoms with van der Waals surface area (Å²) in [5.41, 5.74) is 5.20. The zero-order valence-electron chi connectivity index (χ0n) is 24.1. The highest BCUT2D eigenvalue weighted by Gasteiger charge is 2.11. The van der Waals surface area contributed by atoms with Gasteiger partial charge < -0.3 is 29.2 Å². The summed E-state index contributed by atoms with van der Waals surface area (Å²) in [5.74, 6) is 0. The molecule has 0 atom stereocenters. The van der Waals surface area contributed by atoms with Crippen molar-refractivity contribution in [2.75, 3.05) is 66.8 Å². The first-order chi connectivity index (χ1) is 15.2. The quantitative estimate of drug-likeness (QED) is 0.215. The van der Waals surface area contributed by atoms with E-state index in [0.29, 0.717) is 51.9 Å². The molecule has 0 aromatic rings. The molecule has 0 aliphatic rings. The molecule has 186 valence electrons. The maximum atomic E-state index is 9.19. The lowest BCUT2D eigenvalue weighted by molar-refractivity contribution is -0.870. The number of hydrogen-bond acceptors (Lipinski definition) is 7. The van der Waals surface area contributed by atoms with Crippen LogP contribution in [0.2, 0.25) is 0 Å². The molecular weight excluding hydrogens is 412 g/mol. The molecule has 0 radical (unpaired) electrons. The van der Waals surface area contributed by atoms with Gasteiger partial charge in [0.2, 0.25) is 0 Å². The van der Waals surface area contributed by atoms with Crippen molar-refractivity contribution in [2.24, 2.45) is 5.73 Å². The summed E-state index contributed by atoms with van der Waals surface area (Å²) in [6, 6.07) is 0. The van der Waals surface area contributed by atoms with Crippen LogP contribution in [0.5, 0.6) is 0 Å². The lowest BCUT2D eigenvalue weighted by Crippen LogP contribution is -2.35. The minimum absolute atomic E-state index is 0.248. The molecular formula is C20H49N2O7S+. The molecule has 0 bridgehead atoms. The maximum absolute atomic E-state index is 9.19. The minimum Gasteiger partial charge on any atom is -0.353 e. The summed E-state index contributed by atoms with van der Waals surface area (Å²) in [6.45, 7) is 7.03. The molecule has 0 unspecified atom stereocenters. The van der Waals surface area contributed by atoms with Gasteiger partial charge in [-0.25, -0.2) is 0 Å². The van der Waals surface area contributed by atoms with Crippen LogP contribution in [0.1, 0.15) is 58.9 Å². The van der Waals surface area contributed by atoms with Gasteiger partial charge in [-0.05, 0) is 47.0 Å². The van der Waals surface area contributed by atoms with Crippen LogP contribution in [-0.4, -0.2) is 96.9 Å². The molecule has 3 N–H and O–H groups in total. The Kier molecular flexibility index (Phi) is 18.9. The Bertz CT molecular complexity index is 566. The summed E-state index contributed by atoms with van der Waals surface area (Å²) in [5, 5.41) is 0. The van der Waals surface area contributed by atoms with Crippen molar-refractivity contribution >= 4 is 10.1 Å². The molecule has 30 heavy (non-hydrogen) atoms. The van der Waals surface area contributed by atoms with Gasteiger partial charge in [0.1, 0.15) is 0 Å². The third kappa shape index (κ3) is 38.3. The monoisotopic (exact) mass is 465 g/mol. The fourth-order valence-electron chi connectivity index (χ4n) is 1.89. The third-order valence-electron chi connectivity index (χ3n) is 2.90. The van der Waals surface area contributed by atoms with Crippen molar-refractivity contribution in [3.8, 4) is 0 Å². The smallest absolute Gasteiger partial charge is 0.261 e. The second kappa shape index (κ2) is 21.9. The van der Waals surface area contributed by atoms with Gasteiger partial charge in [-0.1, -0.05) is 0 Å². The Balaban J connectivity index is -0.000000478. The van der Waals surface area contributed by atoms with Crippen molar-refractivity contribution in [1.82, 2.24) is 0 Å². The number of quaternary nitrogens is 1. The molecule has 9 nitrogen and oxygen atoms in total. The van der Waals surface area contributed by atoms with E-state index in [2.05, 4.69) is 0 Å². The summed E-state index contributed by atoms with van der Waals surface area (Å²) in [7, 11) is 1.91. The van der Waals surface area contributed by atoms with Crippen molar-refractivity contribution in [3.63, 3.8) is 0 Å². The summed E-state index contributed by atoms with van der Waals surface area (Å²) in [6.07, 6.45) is 1.87. The highest BCUT2D eigenvalue weighted by Crippen LogP contribution is 2.06. The largest absolute Gasteiger partial charge is 0.353 e. The first-order valence-corrected chi connectivity index (χ1v) is 12.1. The van der Waals surface area contributed by atoms with E-state index in [-0.39, 0.29) is 23.5 Å². The second-order valence-corrected chi connectivity index (χ2v) is 8.33. The van der Waals surface area contributed by atoms with E-state index in [4.69, 9.17) is 34.7 Å². The first kappa shape index (κ1) is 25.9. The Morgan fingerprint density at radius 3 is 1.40 bits per heavy atom. The molecule has 0 aromatic carbocycles. The fraction of sp³-hybridized carbons (Fsp3) is 1.00. The number of ether oxygens (including phenoxy) is 4. The molecule has 0 heterocycles. The topological polar surface area (TPSA) is 117 Å². The highest BCUT2D eigenvalue weighted by molar-refractivity contribution is 7.85. The van der Waals surface area contributed by atoms with Crippen LogP contribution in [-0.2, 0) is 29.1 Å². The molecule has 0 aromatic heterocycles. The van der Waals surface area contributed by atoms with Gasteiger partial charge in [-0.15, -0.1) is 0 Å². The normalized spacial score (nSPS) is 14.7. The summed E-state index contributed by atoms with van der Waals surface area (Å²) >= 11 is 0. The molecule has 10 heteroatoms. The van der Waals surface area contributed by atoms with E-state index >= 15 is 0 Å². The van der Waals surface area contributed by atoms with Crippen molar-refractivity contribution < 1.29 is 41.9 Å². The van der Waals surface area contributed by atoms with Crippen molar-refractivity contribution in [3.05, 3.63) is 0 Å². The number of hydrogen-bond donors (Lipinski definition) is 2. The van der Waals surface area contributed by atoms with Gasteiger partial charge in [-0.3, -0.25) is 4.55 Å². The van der Waals surface area contributed by atoms with E-state index in [1.807, 2.05) is 48.8 Å². The molecule has 0 spiro atoms. The van der Waals surface area contributed by atoms with Crippen LogP contribution in [0.25, 0.3) is 0 Å². The van der Waals surface area contributed by atoms with Crippen LogP contribution in [0.3, 0.4) is 0 Å². The van der Waals surface area contributed by atoms with E-state index < -0.39 is 23.1 Å². The van der Waals surface area contributed by atoms with Crippen LogP contribution in [0.4, 0.5) is 0 Å². The van der Waals surface area contributed by atoms with Gasteiger partial charge >= 0.3 is 0 Å². The van der Waals surface area contributed by atoms with Crippen molar-refractivity contribution in [2.45, 2.75) is 66.0 Å². The van der Waals surface area contributed by atoms with E-state index in [0.717, 1.165) is 0 Å². The van der Waals surface area contributed by atoms with E-state index in [1.54, 1.807) is 0 Å². The lowest BCUT2D eigenvalue weighted by atomic mass is 10.3. The predicted molar refractivity (Wildman–Crippen MR) is 122 cm³/mol. The number of rotatable bonds is 15. The predicted octanol–water partition coefficient (Wildman–Crippen LogP) is 2.50. The Morgan fingerprint density at radius 2 is 1.17 bits per heavy atom. The second-order valence-electron chi connectivity index (χ2n) is 6.87. The molecule has 0 fully saturated rings. The first-order valence-electron chi connectivity index (χ1n) is 12.2. The highest BCUT2D eigenvalue weighted by atomic mass is 32.2. The zero-order chi connectivity index (χ0) is 27.6. The molecule has 0 aliphatic carbocycles. The zero-order valence-corrected chi connectivity index (χ0v) is 21.0. The van der Waals surface area contributed by atoms with Crippen LogP contribution in [0, 0.1) is 0 Å². The van der Waals surface area contributed by atoms with Crippen LogP contribution >= 0.6 is 0 Å². The van der Waals surface area contributed by atoms with E-state index in [9.17, 15) is 8.42 Å². The minimum atomic E-state index is -3.67. The molecule has 0 aliphatic heterocycles. The molecule has 0 saturated heterocycles. The van der Waals surface area contributed by atoms with Gasteiger partial charge in [0.05, 0.1) is 36.6 Å². The lowest BCUT2D eigenvalue weighted by Gasteiger charge is -2.25. The van der Waals surface area contributed by atoms with Gasteiger partial charge in [-0.2, -0.15) is 8.42 Å². The molecule has 0 amide bonds. The van der Waals surface area contributed by atoms with Crippen LogP contribution in [0.15, 0.2) is 0 Å². The SMILES string of the molecule is CS(=O)(=O)O.[2H]C([2H])(CCC(OCC)OCC)[N+](C)(C)C.[2H]C([2H])(N)CCC(OCC)OCC. The van der Waals surface area contributed by atoms with Crippen molar-refractivity contribution in [1.29, 1.82) is 0 Å². The van der Waals surface area contributed by atoms with E-state index in [1.165, 1.54) is 0 Å². The number of nitrogens with zero attached hydrogens (tertiary/aromatic N) is 1. The Labute approximate surface area is 191 Å². The van der Waals surface area contributed by atoms with Gasteiger partial charge in [0, 0.05) is 42.0 Å². The van der Waals surface area contributed by atoms with Gasteiger partial charge in [0.25, 0.3) is 10.1 Å². The van der Waals surface area contributed by atoms with Crippen LogP contribution < -0.4 is 5.73 Å². The fourth-order valence-corrected chi connectivity index (χ4v) is 1.89. The third-order valence-corrected chi connectivity index (χ3v) is 2.90. The average Bonchev–Trinajstić information content (AvgIpc) is 2.63. The Morgan fingerprint density at radius 1 is 0.867 bits per heavy atom. The molecule has 0 rings (SSSR count).